The Kier molecular flexibility index (Phi) is 1.72. The third-order valence-electron chi connectivity index (χ3n) is 4.05. The van der Waals surface area contributed by atoms with Crippen LogP contribution in [0, 0.1) is 5.92 Å². The minimum Gasteiger partial charge on any atom is -0.389 e. The fourth-order valence-corrected chi connectivity index (χ4v) is 3.36. The van der Waals surface area contributed by atoms with E-state index in [2.05, 4.69) is 24.3 Å². The summed E-state index contributed by atoms with van der Waals surface area (Å²) in [6, 6.07) is 10.5. The van der Waals surface area contributed by atoms with Crippen LogP contribution < -0.4 is 0 Å². The maximum atomic E-state index is 10.5. The number of fused-ring (bicyclic) bond motifs is 2. The lowest BCUT2D eigenvalue weighted by Crippen LogP contribution is -2.30. The molecule has 3 rings (SSSR count). The smallest absolute Gasteiger partial charge is 0.0718 e. The molecule has 1 nitrogen and oxygen atoms in total. The van der Waals surface area contributed by atoms with Crippen molar-refractivity contribution in [3.8, 4) is 0 Å². The van der Waals surface area contributed by atoms with E-state index < -0.39 is 0 Å². The standard InChI is InChI=1S/C13H16O/c14-13-7-6-10(9-13)8-12(13)11-4-2-1-3-5-11/h1-5,10,12,14H,6-9H2. The topological polar surface area (TPSA) is 20.2 Å². The molecule has 1 heteroatoms. The molecule has 0 radical (unpaired) electrons. The second-order valence-electron chi connectivity index (χ2n) is 4.91. The van der Waals surface area contributed by atoms with Crippen LogP contribution in [0.25, 0.3) is 0 Å². The highest BCUT2D eigenvalue weighted by molar-refractivity contribution is 5.26. The molecule has 2 bridgehead atoms. The molecule has 0 amide bonds. The summed E-state index contributed by atoms with van der Waals surface area (Å²) in [4.78, 5) is 0. The number of hydrogen-bond acceptors (Lipinski definition) is 1. The predicted octanol–water partition coefficient (Wildman–Crippen LogP) is 2.71. The monoisotopic (exact) mass is 188 g/mol. The number of aliphatic hydroxyl groups is 1. The van der Waals surface area contributed by atoms with Gasteiger partial charge in [0.05, 0.1) is 5.60 Å². The maximum absolute atomic E-state index is 10.5. The first-order valence-electron chi connectivity index (χ1n) is 5.55. The largest absolute Gasteiger partial charge is 0.389 e. The van der Waals surface area contributed by atoms with Gasteiger partial charge in [0.15, 0.2) is 0 Å². The Bertz CT molecular complexity index is 332. The quantitative estimate of drug-likeness (QED) is 0.718. The molecule has 1 N–H and O–H groups in total. The van der Waals surface area contributed by atoms with E-state index in [1.807, 2.05) is 6.07 Å². The first kappa shape index (κ1) is 8.49. The molecular formula is C13H16O. The van der Waals surface area contributed by atoms with E-state index in [4.69, 9.17) is 0 Å². The summed E-state index contributed by atoms with van der Waals surface area (Å²) in [7, 11) is 0. The molecule has 0 heterocycles. The first-order chi connectivity index (χ1) is 6.78. The van der Waals surface area contributed by atoms with Gasteiger partial charge in [-0.2, -0.15) is 0 Å². The number of rotatable bonds is 1. The third-order valence-corrected chi connectivity index (χ3v) is 4.05. The van der Waals surface area contributed by atoms with Crippen molar-refractivity contribution in [1.29, 1.82) is 0 Å². The van der Waals surface area contributed by atoms with Crippen LogP contribution in [0.4, 0.5) is 0 Å². The minimum absolute atomic E-state index is 0.369. The number of hydrogen-bond donors (Lipinski definition) is 1. The molecule has 1 aromatic rings. The van der Waals surface area contributed by atoms with E-state index >= 15 is 0 Å². The lowest BCUT2D eigenvalue weighted by atomic mass is 9.80. The second-order valence-corrected chi connectivity index (χ2v) is 4.91. The summed E-state index contributed by atoms with van der Waals surface area (Å²) in [6.45, 7) is 0. The first-order valence-corrected chi connectivity index (χ1v) is 5.55. The lowest BCUT2D eigenvalue weighted by Gasteiger charge is -2.30. The van der Waals surface area contributed by atoms with Crippen LogP contribution in [0.2, 0.25) is 0 Å². The third kappa shape index (κ3) is 1.12. The van der Waals surface area contributed by atoms with E-state index in [0.717, 1.165) is 18.8 Å². The van der Waals surface area contributed by atoms with Crippen LogP contribution in [0.3, 0.4) is 0 Å². The van der Waals surface area contributed by atoms with Crippen molar-refractivity contribution in [1.82, 2.24) is 0 Å². The molecule has 0 aliphatic heterocycles. The zero-order valence-corrected chi connectivity index (χ0v) is 8.32. The average Bonchev–Trinajstić information content (AvgIpc) is 2.74. The van der Waals surface area contributed by atoms with E-state index in [-0.39, 0.29) is 5.60 Å². The zero-order chi connectivity index (χ0) is 9.60. The van der Waals surface area contributed by atoms with Gasteiger partial charge in [-0.05, 0) is 37.2 Å². The van der Waals surface area contributed by atoms with E-state index in [9.17, 15) is 5.11 Å². The van der Waals surface area contributed by atoms with Gasteiger partial charge >= 0.3 is 0 Å². The summed E-state index contributed by atoms with van der Waals surface area (Å²) in [5.74, 6) is 1.19. The maximum Gasteiger partial charge on any atom is 0.0718 e. The Morgan fingerprint density at radius 2 is 2.00 bits per heavy atom. The summed E-state index contributed by atoms with van der Waals surface area (Å²) in [6.07, 6.45) is 4.48. The van der Waals surface area contributed by atoms with Crippen molar-refractivity contribution >= 4 is 0 Å². The molecule has 0 spiro atoms. The fraction of sp³-hybridized carbons (Fsp3) is 0.538. The Hall–Kier alpha value is -0.820. The van der Waals surface area contributed by atoms with Gasteiger partial charge in [0, 0.05) is 5.92 Å². The van der Waals surface area contributed by atoms with Crippen molar-refractivity contribution in [3.05, 3.63) is 35.9 Å². The second kappa shape index (κ2) is 2.83. The molecule has 2 fully saturated rings. The van der Waals surface area contributed by atoms with Crippen LogP contribution in [-0.4, -0.2) is 10.7 Å². The average molecular weight is 188 g/mol. The van der Waals surface area contributed by atoms with Crippen LogP contribution >= 0.6 is 0 Å². The summed E-state index contributed by atoms with van der Waals surface area (Å²) in [5, 5.41) is 10.5. The van der Waals surface area contributed by atoms with Crippen LogP contribution in [0.15, 0.2) is 30.3 Å². The lowest BCUT2D eigenvalue weighted by molar-refractivity contribution is 0.0323. The van der Waals surface area contributed by atoms with Crippen molar-refractivity contribution in [2.75, 3.05) is 0 Å². The van der Waals surface area contributed by atoms with Gasteiger partial charge in [-0.15, -0.1) is 0 Å². The van der Waals surface area contributed by atoms with Gasteiger partial charge in [-0.25, -0.2) is 0 Å². The van der Waals surface area contributed by atoms with E-state index in [0.29, 0.717) is 5.92 Å². The number of benzene rings is 1. The van der Waals surface area contributed by atoms with Crippen LogP contribution in [0.5, 0.6) is 0 Å². The van der Waals surface area contributed by atoms with Crippen molar-refractivity contribution < 1.29 is 5.11 Å². The highest BCUT2D eigenvalue weighted by atomic mass is 16.3. The Balaban J connectivity index is 1.94. The normalized spacial score (nSPS) is 40.4. The molecule has 2 aliphatic carbocycles. The molecule has 0 saturated heterocycles. The van der Waals surface area contributed by atoms with Gasteiger partial charge < -0.3 is 5.11 Å². The molecule has 3 atom stereocenters. The van der Waals surface area contributed by atoms with Crippen LogP contribution in [0.1, 0.15) is 37.2 Å². The predicted molar refractivity (Wildman–Crippen MR) is 56.1 cm³/mol. The molecule has 1 aromatic carbocycles. The van der Waals surface area contributed by atoms with Gasteiger partial charge in [0.25, 0.3) is 0 Å². The SMILES string of the molecule is OC12CCC(CC1c1ccccc1)C2. The van der Waals surface area contributed by atoms with E-state index in [1.54, 1.807) is 0 Å². The Morgan fingerprint density at radius 3 is 2.57 bits per heavy atom. The molecule has 2 saturated carbocycles. The summed E-state index contributed by atoms with van der Waals surface area (Å²) in [5.41, 5.74) is 0.962. The molecular weight excluding hydrogens is 172 g/mol. The highest BCUT2D eigenvalue weighted by Crippen LogP contribution is 2.55. The van der Waals surface area contributed by atoms with Crippen molar-refractivity contribution in [2.45, 2.75) is 37.2 Å². The van der Waals surface area contributed by atoms with Crippen molar-refractivity contribution in [2.24, 2.45) is 5.92 Å². The Morgan fingerprint density at radius 1 is 1.21 bits per heavy atom. The van der Waals surface area contributed by atoms with Gasteiger partial charge in [0.1, 0.15) is 0 Å². The van der Waals surface area contributed by atoms with Crippen LogP contribution in [-0.2, 0) is 0 Å². The summed E-state index contributed by atoms with van der Waals surface area (Å²) < 4.78 is 0. The molecule has 3 unspecified atom stereocenters. The minimum atomic E-state index is -0.369. The Labute approximate surface area is 84.8 Å². The highest BCUT2D eigenvalue weighted by Gasteiger charge is 2.51. The zero-order valence-electron chi connectivity index (χ0n) is 8.32. The van der Waals surface area contributed by atoms with Gasteiger partial charge in [-0.1, -0.05) is 30.3 Å². The van der Waals surface area contributed by atoms with E-state index in [1.165, 1.54) is 18.4 Å². The summed E-state index contributed by atoms with van der Waals surface area (Å²) >= 11 is 0. The molecule has 74 valence electrons. The van der Waals surface area contributed by atoms with Crippen molar-refractivity contribution in [3.63, 3.8) is 0 Å². The molecule has 14 heavy (non-hydrogen) atoms. The fourth-order valence-electron chi connectivity index (χ4n) is 3.36. The molecule has 0 aromatic heterocycles. The van der Waals surface area contributed by atoms with Gasteiger partial charge in [-0.3, -0.25) is 0 Å². The van der Waals surface area contributed by atoms with Gasteiger partial charge in [0.2, 0.25) is 0 Å². The molecule has 2 aliphatic rings.